The van der Waals surface area contributed by atoms with Gasteiger partial charge < -0.3 is 4.74 Å². The number of benzene rings is 2. The molecule has 0 N–H and O–H groups in total. The number of hydrogen-bond acceptors (Lipinski definition) is 1. The average Bonchev–Trinajstić information content (AvgIpc) is 2.30. The number of ether oxygens (including phenoxy) is 1. The second-order valence-corrected chi connectivity index (χ2v) is 3.39. The van der Waals surface area contributed by atoms with Crippen LogP contribution in [0.25, 0.3) is 11.1 Å². The van der Waals surface area contributed by atoms with Crippen molar-refractivity contribution in [1.29, 1.82) is 0 Å². The minimum Gasteiger partial charge on any atom is -0.496 e. The summed E-state index contributed by atoms with van der Waals surface area (Å²) in [7, 11) is 1.66. The molecule has 0 aromatic heterocycles. The van der Waals surface area contributed by atoms with Crippen molar-refractivity contribution in [2.75, 3.05) is 7.11 Å². The standard InChI is InChI=1S/C14H13O/c1-11-10-13(8-9-14(11)15-2)12-6-4-3-5-7-12/h3-10H,1H2,2H3. The fraction of sp³-hybridized carbons (Fsp3) is 0.0714. The summed E-state index contributed by atoms with van der Waals surface area (Å²) >= 11 is 0. The molecule has 1 nitrogen and oxygen atoms in total. The van der Waals surface area contributed by atoms with Gasteiger partial charge in [-0.1, -0.05) is 36.4 Å². The first kappa shape index (κ1) is 9.78. The molecule has 2 aromatic rings. The van der Waals surface area contributed by atoms with Crippen LogP contribution in [-0.2, 0) is 0 Å². The van der Waals surface area contributed by atoms with E-state index in [4.69, 9.17) is 4.74 Å². The Balaban J connectivity index is 2.43. The molecule has 0 aliphatic rings. The summed E-state index contributed by atoms with van der Waals surface area (Å²) in [4.78, 5) is 0. The van der Waals surface area contributed by atoms with Gasteiger partial charge in [0.15, 0.2) is 0 Å². The van der Waals surface area contributed by atoms with Gasteiger partial charge in [0.25, 0.3) is 0 Å². The van der Waals surface area contributed by atoms with E-state index in [0.717, 1.165) is 11.3 Å². The largest absolute Gasteiger partial charge is 0.496 e. The Hall–Kier alpha value is -1.76. The molecule has 1 radical (unpaired) electrons. The Labute approximate surface area is 90.3 Å². The van der Waals surface area contributed by atoms with E-state index in [1.165, 1.54) is 11.1 Å². The molecule has 0 saturated heterocycles. The van der Waals surface area contributed by atoms with Crippen molar-refractivity contribution in [3.05, 3.63) is 61.0 Å². The molecule has 0 amide bonds. The van der Waals surface area contributed by atoms with Crippen LogP contribution in [0.2, 0.25) is 0 Å². The summed E-state index contributed by atoms with van der Waals surface area (Å²) in [6.45, 7) is 3.95. The van der Waals surface area contributed by atoms with Crippen molar-refractivity contribution in [3.8, 4) is 16.9 Å². The van der Waals surface area contributed by atoms with Crippen molar-refractivity contribution in [3.63, 3.8) is 0 Å². The van der Waals surface area contributed by atoms with E-state index in [0.29, 0.717) is 0 Å². The summed E-state index contributed by atoms with van der Waals surface area (Å²) < 4.78 is 5.17. The normalized spacial score (nSPS) is 10.0. The maximum absolute atomic E-state index is 5.17. The third-order valence-electron chi connectivity index (χ3n) is 2.39. The Morgan fingerprint density at radius 1 is 0.933 bits per heavy atom. The predicted octanol–water partition coefficient (Wildman–Crippen LogP) is 3.54. The fourth-order valence-corrected chi connectivity index (χ4v) is 1.59. The molecule has 0 fully saturated rings. The highest BCUT2D eigenvalue weighted by molar-refractivity contribution is 5.65. The second kappa shape index (κ2) is 4.18. The van der Waals surface area contributed by atoms with Gasteiger partial charge in [-0.25, -0.2) is 0 Å². The maximum Gasteiger partial charge on any atom is 0.122 e. The van der Waals surface area contributed by atoms with Gasteiger partial charge in [-0.2, -0.15) is 0 Å². The Morgan fingerprint density at radius 3 is 2.27 bits per heavy atom. The van der Waals surface area contributed by atoms with Gasteiger partial charge in [0, 0.05) is 0 Å². The number of rotatable bonds is 2. The molecule has 1 heteroatoms. The van der Waals surface area contributed by atoms with Crippen LogP contribution in [0.5, 0.6) is 5.75 Å². The molecule has 0 saturated carbocycles. The lowest BCUT2D eigenvalue weighted by Crippen LogP contribution is -1.87. The van der Waals surface area contributed by atoms with Gasteiger partial charge in [0.2, 0.25) is 0 Å². The van der Waals surface area contributed by atoms with Crippen molar-refractivity contribution in [1.82, 2.24) is 0 Å². The minimum absolute atomic E-state index is 0.828. The topological polar surface area (TPSA) is 9.23 Å². The van der Waals surface area contributed by atoms with Crippen LogP contribution >= 0.6 is 0 Å². The smallest absolute Gasteiger partial charge is 0.122 e. The summed E-state index contributed by atoms with van der Waals surface area (Å²) in [6, 6.07) is 16.3. The SMILES string of the molecule is [CH2]c1cc(-c2ccccc2)ccc1OC. The second-order valence-electron chi connectivity index (χ2n) is 3.39. The van der Waals surface area contributed by atoms with Gasteiger partial charge in [0.1, 0.15) is 5.75 Å². The van der Waals surface area contributed by atoms with Gasteiger partial charge >= 0.3 is 0 Å². The molecule has 0 aliphatic carbocycles. The zero-order valence-electron chi connectivity index (χ0n) is 8.73. The van der Waals surface area contributed by atoms with E-state index < -0.39 is 0 Å². The van der Waals surface area contributed by atoms with E-state index in [-0.39, 0.29) is 0 Å². The van der Waals surface area contributed by atoms with Crippen molar-refractivity contribution < 1.29 is 4.74 Å². The average molecular weight is 197 g/mol. The first-order valence-electron chi connectivity index (χ1n) is 4.86. The Kier molecular flexibility index (Phi) is 2.72. The number of methoxy groups -OCH3 is 1. The highest BCUT2D eigenvalue weighted by Gasteiger charge is 2.01. The van der Waals surface area contributed by atoms with Crippen LogP contribution in [0.15, 0.2) is 48.5 Å². The first-order chi connectivity index (χ1) is 7.31. The van der Waals surface area contributed by atoms with Crippen LogP contribution in [0.4, 0.5) is 0 Å². The highest BCUT2D eigenvalue weighted by atomic mass is 16.5. The molecule has 0 spiro atoms. The molecule has 0 atom stereocenters. The highest BCUT2D eigenvalue weighted by Crippen LogP contribution is 2.25. The van der Waals surface area contributed by atoms with Gasteiger partial charge in [-0.15, -0.1) is 0 Å². The summed E-state index contributed by atoms with van der Waals surface area (Å²) in [5.74, 6) is 0.828. The van der Waals surface area contributed by atoms with Crippen LogP contribution < -0.4 is 4.74 Å². The van der Waals surface area contributed by atoms with Crippen LogP contribution in [0.1, 0.15) is 5.56 Å². The summed E-state index contributed by atoms with van der Waals surface area (Å²) in [6.07, 6.45) is 0. The molecule has 2 rings (SSSR count). The minimum atomic E-state index is 0.828. The van der Waals surface area contributed by atoms with Gasteiger partial charge in [-0.3, -0.25) is 0 Å². The quantitative estimate of drug-likeness (QED) is 0.715. The van der Waals surface area contributed by atoms with E-state index >= 15 is 0 Å². The molecule has 15 heavy (non-hydrogen) atoms. The zero-order valence-corrected chi connectivity index (χ0v) is 8.73. The van der Waals surface area contributed by atoms with E-state index in [2.05, 4.69) is 19.1 Å². The van der Waals surface area contributed by atoms with Gasteiger partial charge in [-0.05, 0) is 35.7 Å². The molecule has 0 heterocycles. The monoisotopic (exact) mass is 197 g/mol. The molecule has 0 unspecified atom stereocenters. The maximum atomic E-state index is 5.17. The summed E-state index contributed by atoms with van der Waals surface area (Å²) in [5, 5.41) is 0. The number of hydrogen-bond donors (Lipinski definition) is 0. The first-order valence-corrected chi connectivity index (χ1v) is 4.86. The third kappa shape index (κ3) is 2.01. The summed E-state index contributed by atoms with van der Waals surface area (Å²) in [5.41, 5.74) is 3.28. The van der Waals surface area contributed by atoms with Crippen molar-refractivity contribution in [2.24, 2.45) is 0 Å². The molecule has 0 aliphatic heterocycles. The molecular weight excluding hydrogens is 184 g/mol. The van der Waals surface area contributed by atoms with Crippen LogP contribution in [0.3, 0.4) is 0 Å². The molecule has 75 valence electrons. The van der Waals surface area contributed by atoms with E-state index in [1.807, 2.05) is 36.4 Å². The lowest BCUT2D eigenvalue weighted by Gasteiger charge is -2.07. The predicted molar refractivity (Wildman–Crippen MR) is 62.9 cm³/mol. The van der Waals surface area contributed by atoms with Crippen molar-refractivity contribution >= 4 is 0 Å². The molecule has 2 aromatic carbocycles. The zero-order chi connectivity index (χ0) is 10.7. The third-order valence-corrected chi connectivity index (χ3v) is 2.39. The van der Waals surface area contributed by atoms with Crippen molar-refractivity contribution in [2.45, 2.75) is 0 Å². The van der Waals surface area contributed by atoms with E-state index in [1.54, 1.807) is 7.11 Å². The molecule has 0 bridgehead atoms. The lowest BCUT2D eigenvalue weighted by molar-refractivity contribution is 0.413. The van der Waals surface area contributed by atoms with E-state index in [9.17, 15) is 0 Å². The Morgan fingerprint density at radius 2 is 1.67 bits per heavy atom. The van der Waals surface area contributed by atoms with Crippen LogP contribution in [-0.4, -0.2) is 7.11 Å². The molecular formula is C14H13O. The van der Waals surface area contributed by atoms with Gasteiger partial charge in [0.05, 0.1) is 7.11 Å². The fourth-order valence-electron chi connectivity index (χ4n) is 1.59. The Bertz CT molecular complexity index is 446. The van der Waals surface area contributed by atoms with Crippen LogP contribution in [0, 0.1) is 6.92 Å². The lowest BCUT2D eigenvalue weighted by atomic mass is 10.0.